The Balaban J connectivity index is 1.72. The summed E-state index contributed by atoms with van der Waals surface area (Å²) in [6.07, 6.45) is 5.51. The lowest BCUT2D eigenvalue weighted by Crippen LogP contribution is -2.03. The lowest BCUT2D eigenvalue weighted by atomic mass is 10.3. The third kappa shape index (κ3) is 3.16. The zero-order chi connectivity index (χ0) is 14.7. The van der Waals surface area contributed by atoms with Crippen molar-refractivity contribution in [3.63, 3.8) is 0 Å². The largest absolute Gasteiger partial charge is 0.494 e. The van der Waals surface area contributed by atoms with Gasteiger partial charge in [-0.1, -0.05) is 0 Å². The number of ether oxygens (including phenoxy) is 1. The lowest BCUT2D eigenvalue weighted by Gasteiger charge is -2.08. The number of anilines is 1. The van der Waals surface area contributed by atoms with E-state index in [1.807, 2.05) is 48.0 Å². The molecular weight excluding hydrogens is 332 g/mol. The van der Waals surface area contributed by atoms with Gasteiger partial charge in [0.25, 0.3) is 0 Å². The number of hydrogen-bond donors (Lipinski definition) is 1. The maximum atomic E-state index is 5.43. The highest BCUT2D eigenvalue weighted by molar-refractivity contribution is 9.10. The normalized spacial score (nSPS) is 10.8. The minimum absolute atomic E-state index is 0.678. The van der Waals surface area contributed by atoms with Gasteiger partial charge in [-0.3, -0.25) is 4.40 Å². The first-order valence-electron chi connectivity index (χ1n) is 6.70. The van der Waals surface area contributed by atoms with Gasteiger partial charge < -0.3 is 10.1 Å². The van der Waals surface area contributed by atoms with Crippen molar-refractivity contribution in [1.82, 2.24) is 14.4 Å². The highest BCUT2D eigenvalue weighted by Gasteiger charge is 2.04. The van der Waals surface area contributed by atoms with E-state index in [4.69, 9.17) is 4.74 Å². The van der Waals surface area contributed by atoms with Crippen LogP contribution in [0.2, 0.25) is 0 Å². The third-order valence-corrected chi connectivity index (χ3v) is 3.49. The van der Waals surface area contributed by atoms with Gasteiger partial charge in [0.1, 0.15) is 10.4 Å². The molecule has 0 saturated carbocycles. The van der Waals surface area contributed by atoms with Crippen molar-refractivity contribution >= 4 is 27.3 Å². The number of hydrogen-bond acceptors (Lipinski definition) is 4. The van der Waals surface area contributed by atoms with Crippen LogP contribution < -0.4 is 10.1 Å². The van der Waals surface area contributed by atoms with Gasteiger partial charge in [0.05, 0.1) is 31.2 Å². The van der Waals surface area contributed by atoms with E-state index in [1.54, 1.807) is 6.20 Å². The molecule has 3 rings (SSSR count). The quantitative estimate of drug-likeness (QED) is 0.768. The molecule has 6 heteroatoms. The number of nitrogens with zero attached hydrogens (tertiary/aromatic N) is 3. The fraction of sp³-hybridized carbons (Fsp3) is 0.200. The van der Waals surface area contributed by atoms with Crippen LogP contribution in [0, 0.1) is 0 Å². The van der Waals surface area contributed by atoms with Crippen LogP contribution in [0.5, 0.6) is 5.75 Å². The molecule has 2 aromatic heterocycles. The van der Waals surface area contributed by atoms with Crippen molar-refractivity contribution in [3.05, 3.63) is 53.2 Å². The highest BCUT2D eigenvalue weighted by atomic mass is 79.9. The van der Waals surface area contributed by atoms with Crippen LogP contribution in [0.25, 0.3) is 5.65 Å². The summed E-state index contributed by atoms with van der Waals surface area (Å²) in [4.78, 5) is 8.50. The molecule has 1 aromatic carbocycles. The first-order chi connectivity index (χ1) is 10.3. The Hall–Kier alpha value is -2.08. The van der Waals surface area contributed by atoms with Crippen LogP contribution >= 0.6 is 15.9 Å². The summed E-state index contributed by atoms with van der Waals surface area (Å²) >= 11 is 3.38. The average Bonchev–Trinajstić information content (AvgIpc) is 2.89. The predicted molar refractivity (Wildman–Crippen MR) is 85.6 cm³/mol. The van der Waals surface area contributed by atoms with Gasteiger partial charge in [-0.2, -0.15) is 0 Å². The Kier molecular flexibility index (Phi) is 4.06. The number of nitrogens with one attached hydrogen (secondary N) is 1. The fourth-order valence-electron chi connectivity index (χ4n) is 2.08. The first kappa shape index (κ1) is 13.9. The van der Waals surface area contributed by atoms with Gasteiger partial charge in [0.2, 0.25) is 0 Å². The molecule has 0 atom stereocenters. The van der Waals surface area contributed by atoms with Gasteiger partial charge >= 0.3 is 0 Å². The third-order valence-electron chi connectivity index (χ3n) is 3.08. The van der Waals surface area contributed by atoms with Crippen LogP contribution in [-0.2, 0) is 6.54 Å². The van der Waals surface area contributed by atoms with Gasteiger partial charge in [-0.05, 0) is 47.1 Å². The SMILES string of the molecule is CCOc1ccc(NCc2cnc3cnc(Br)cn23)cc1. The van der Waals surface area contributed by atoms with Gasteiger partial charge in [-0.25, -0.2) is 9.97 Å². The molecular formula is C15H15BrN4O. The summed E-state index contributed by atoms with van der Waals surface area (Å²) < 4.78 is 8.23. The summed E-state index contributed by atoms with van der Waals surface area (Å²) in [5.41, 5.74) is 2.95. The Bertz CT molecular complexity index is 739. The zero-order valence-electron chi connectivity index (χ0n) is 11.6. The molecule has 0 radical (unpaired) electrons. The van der Waals surface area contributed by atoms with E-state index >= 15 is 0 Å². The molecule has 21 heavy (non-hydrogen) atoms. The maximum absolute atomic E-state index is 5.43. The summed E-state index contributed by atoms with van der Waals surface area (Å²) in [5.74, 6) is 0.882. The van der Waals surface area contributed by atoms with Gasteiger partial charge in [0, 0.05) is 11.9 Å². The Morgan fingerprint density at radius 2 is 2.00 bits per heavy atom. The molecule has 1 N–H and O–H groups in total. The number of rotatable bonds is 5. The van der Waals surface area contributed by atoms with E-state index in [9.17, 15) is 0 Å². The van der Waals surface area contributed by atoms with Crippen molar-refractivity contribution in [1.29, 1.82) is 0 Å². The smallest absolute Gasteiger partial charge is 0.155 e. The fourth-order valence-corrected chi connectivity index (χ4v) is 2.38. The molecule has 0 amide bonds. The lowest BCUT2D eigenvalue weighted by molar-refractivity contribution is 0.340. The summed E-state index contributed by atoms with van der Waals surface area (Å²) in [6.45, 7) is 3.34. The summed E-state index contributed by atoms with van der Waals surface area (Å²) in [7, 11) is 0. The standard InChI is InChI=1S/C15H15BrN4O/c1-2-21-13-5-3-11(4-6-13)17-7-12-8-19-15-9-18-14(16)10-20(12)15/h3-6,8-10,17H,2,7H2,1H3. The monoisotopic (exact) mass is 346 g/mol. The van der Waals surface area contributed by atoms with Crippen molar-refractivity contribution in [2.24, 2.45) is 0 Å². The molecule has 0 aliphatic heterocycles. The van der Waals surface area contributed by atoms with Gasteiger partial charge in [0.15, 0.2) is 5.65 Å². The van der Waals surface area contributed by atoms with Crippen molar-refractivity contribution < 1.29 is 4.74 Å². The molecule has 3 aromatic rings. The summed E-state index contributed by atoms with van der Waals surface area (Å²) in [5, 5.41) is 3.38. The number of fused-ring (bicyclic) bond motifs is 1. The maximum Gasteiger partial charge on any atom is 0.155 e. The van der Waals surface area contributed by atoms with Crippen molar-refractivity contribution in [2.45, 2.75) is 13.5 Å². The Morgan fingerprint density at radius 3 is 2.76 bits per heavy atom. The van der Waals surface area contributed by atoms with Crippen LogP contribution in [0.4, 0.5) is 5.69 Å². The summed E-state index contributed by atoms with van der Waals surface area (Å²) in [6, 6.07) is 7.93. The van der Waals surface area contributed by atoms with Crippen LogP contribution in [0.15, 0.2) is 47.5 Å². The number of benzene rings is 1. The molecule has 0 aliphatic rings. The molecule has 2 heterocycles. The number of imidazole rings is 1. The Morgan fingerprint density at radius 1 is 1.19 bits per heavy atom. The minimum Gasteiger partial charge on any atom is -0.494 e. The first-order valence-corrected chi connectivity index (χ1v) is 7.50. The van der Waals surface area contributed by atoms with E-state index in [1.165, 1.54) is 0 Å². The molecule has 0 unspecified atom stereocenters. The minimum atomic E-state index is 0.678. The molecule has 5 nitrogen and oxygen atoms in total. The predicted octanol–water partition coefficient (Wildman–Crippen LogP) is 3.50. The molecule has 0 bridgehead atoms. The molecule has 0 fully saturated rings. The zero-order valence-corrected chi connectivity index (χ0v) is 13.2. The second-order valence-electron chi connectivity index (χ2n) is 4.50. The molecule has 108 valence electrons. The van der Waals surface area contributed by atoms with Crippen LogP contribution in [0.3, 0.4) is 0 Å². The molecule has 0 aliphatic carbocycles. The van der Waals surface area contributed by atoms with Crippen molar-refractivity contribution in [2.75, 3.05) is 11.9 Å². The van der Waals surface area contributed by atoms with E-state index < -0.39 is 0 Å². The number of aromatic nitrogens is 3. The molecule has 0 saturated heterocycles. The van der Waals surface area contributed by atoms with Crippen LogP contribution in [0.1, 0.15) is 12.6 Å². The van der Waals surface area contributed by atoms with E-state index in [2.05, 4.69) is 31.2 Å². The van der Waals surface area contributed by atoms with Gasteiger partial charge in [-0.15, -0.1) is 0 Å². The van der Waals surface area contributed by atoms with E-state index in [0.717, 1.165) is 27.4 Å². The highest BCUT2D eigenvalue weighted by Crippen LogP contribution is 2.17. The number of halogens is 1. The topological polar surface area (TPSA) is 51.5 Å². The second-order valence-corrected chi connectivity index (χ2v) is 5.31. The van der Waals surface area contributed by atoms with E-state index in [-0.39, 0.29) is 0 Å². The van der Waals surface area contributed by atoms with Crippen LogP contribution in [-0.4, -0.2) is 21.0 Å². The van der Waals surface area contributed by atoms with Crippen molar-refractivity contribution in [3.8, 4) is 5.75 Å². The van der Waals surface area contributed by atoms with E-state index in [0.29, 0.717) is 13.2 Å². The second kappa shape index (κ2) is 6.13. The Labute approximate surface area is 131 Å². The average molecular weight is 347 g/mol. The molecule has 0 spiro atoms.